The van der Waals surface area contributed by atoms with Crippen LogP contribution in [-0.2, 0) is 24.1 Å². The topological polar surface area (TPSA) is 42.9 Å². The summed E-state index contributed by atoms with van der Waals surface area (Å²) in [5.41, 5.74) is 6.67. The summed E-state index contributed by atoms with van der Waals surface area (Å²) < 4.78 is 0. The fraction of sp³-hybridized carbons (Fsp3) is 0.658. The fourth-order valence-electron chi connectivity index (χ4n) is 8.06. The van der Waals surface area contributed by atoms with Gasteiger partial charge >= 0.3 is 0 Å². The van der Waals surface area contributed by atoms with Crippen LogP contribution in [0.5, 0.6) is 0 Å². The van der Waals surface area contributed by atoms with Crippen LogP contribution in [-0.4, -0.2) is 15.8 Å². The van der Waals surface area contributed by atoms with E-state index in [0.717, 1.165) is 56.3 Å². The monoisotopic (exact) mass is 554 g/mol. The molecule has 0 aliphatic heterocycles. The molecule has 5 rings (SSSR count). The predicted octanol–water partition coefficient (Wildman–Crippen LogP) is 10.0. The number of aryl methyl sites for hydroxylation is 2. The molecule has 3 aliphatic carbocycles. The van der Waals surface area contributed by atoms with Crippen LogP contribution in [0.1, 0.15) is 150 Å². The summed E-state index contributed by atoms with van der Waals surface area (Å²) in [6.07, 6.45) is 30.4. The van der Waals surface area contributed by atoms with Crippen LogP contribution in [0.25, 0.3) is 6.08 Å². The number of benzene rings is 1. The third-order valence-corrected chi connectivity index (χ3v) is 10.6. The Morgan fingerprint density at radius 3 is 2.54 bits per heavy atom. The van der Waals surface area contributed by atoms with Gasteiger partial charge < -0.3 is 0 Å². The van der Waals surface area contributed by atoms with Crippen molar-refractivity contribution in [3.8, 4) is 0 Å². The Kier molecular flexibility index (Phi) is 11.6. The van der Waals surface area contributed by atoms with E-state index in [-0.39, 0.29) is 0 Å². The summed E-state index contributed by atoms with van der Waals surface area (Å²) >= 11 is 0. The molecule has 0 bridgehead atoms. The van der Waals surface area contributed by atoms with Gasteiger partial charge in [0.2, 0.25) is 0 Å². The largest absolute Gasteiger partial charge is 0.300 e. The van der Waals surface area contributed by atoms with E-state index in [2.05, 4.69) is 48.3 Å². The van der Waals surface area contributed by atoms with Crippen LogP contribution in [0.4, 0.5) is 0 Å². The highest BCUT2D eigenvalue weighted by Crippen LogP contribution is 2.35. The van der Waals surface area contributed by atoms with Gasteiger partial charge in [0.25, 0.3) is 0 Å². The van der Waals surface area contributed by atoms with Crippen LogP contribution < -0.4 is 0 Å². The second-order valence-electron chi connectivity index (χ2n) is 13.6. The number of nitrogens with zero attached hydrogens (tertiary/aromatic N) is 2. The summed E-state index contributed by atoms with van der Waals surface area (Å²) in [7, 11) is 0. The van der Waals surface area contributed by atoms with E-state index in [4.69, 9.17) is 4.98 Å². The van der Waals surface area contributed by atoms with Crippen molar-refractivity contribution in [3.05, 3.63) is 64.7 Å². The van der Waals surface area contributed by atoms with Gasteiger partial charge in [-0.1, -0.05) is 108 Å². The number of ketones is 1. The Morgan fingerprint density at radius 1 is 0.902 bits per heavy atom. The van der Waals surface area contributed by atoms with Crippen molar-refractivity contribution in [3.63, 3.8) is 0 Å². The Bertz CT molecular complexity index is 1130. The maximum absolute atomic E-state index is 12.7. The van der Waals surface area contributed by atoms with Crippen LogP contribution in [0.3, 0.4) is 0 Å². The third-order valence-electron chi connectivity index (χ3n) is 10.6. The van der Waals surface area contributed by atoms with Crippen molar-refractivity contribution in [1.82, 2.24) is 9.97 Å². The number of carbonyl (C=O) groups is 1. The molecule has 2 unspecified atom stereocenters. The summed E-state index contributed by atoms with van der Waals surface area (Å²) in [6, 6.07) is 9.24. The lowest BCUT2D eigenvalue weighted by molar-refractivity contribution is -0.119. The highest BCUT2D eigenvalue weighted by atomic mass is 16.1. The Labute approximate surface area is 250 Å². The zero-order valence-electron chi connectivity index (χ0n) is 25.8. The number of fused-ring (bicyclic) bond motifs is 1. The minimum Gasteiger partial charge on any atom is -0.300 e. The molecular formula is C38H54N2O. The molecule has 0 saturated heterocycles. The summed E-state index contributed by atoms with van der Waals surface area (Å²) in [5, 5.41) is 0. The molecule has 0 spiro atoms. The molecule has 0 N–H and O–H groups in total. The van der Waals surface area contributed by atoms with Crippen molar-refractivity contribution in [2.45, 2.75) is 141 Å². The fourth-order valence-corrected chi connectivity index (χ4v) is 8.06. The normalized spacial score (nSPS) is 25.1. The number of carbonyl (C=O) groups excluding carboxylic acids is 1. The minimum absolute atomic E-state index is 0.466. The van der Waals surface area contributed by atoms with E-state index in [1.807, 2.05) is 0 Å². The molecule has 2 aromatic rings. The summed E-state index contributed by atoms with van der Waals surface area (Å²) in [4.78, 5) is 22.0. The molecular weight excluding hydrogens is 500 g/mol. The second-order valence-corrected chi connectivity index (χ2v) is 13.6. The number of aromatic nitrogens is 2. The van der Waals surface area contributed by atoms with E-state index in [9.17, 15) is 4.79 Å². The van der Waals surface area contributed by atoms with Crippen LogP contribution in [0, 0.1) is 17.8 Å². The van der Waals surface area contributed by atoms with E-state index in [1.54, 1.807) is 6.33 Å². The van der Waals surface area contributed by atoms with E-state index >= 15 is 0 Å². The van der Waals surface area contributed by atoms with Gasteiger partial charge in [-0.2, -0.15) is 0 Å². The first-order valence-electron chi connectivity index (χ1n) is 17.3. The van der Waals surface area contributed by atoms with Crippen molar-refractivity contribution in [2.24, 2.45) is 17.8 Å². The van der Waals surface area contributed by atoms with Gasteiger partial charge in [-0.3, -0.25) is 4.79 Å². The third kappa shape index (κ3) is 9.10. The Morgan fingerprint density at radius 2 is 1.71 bits per heavy atom. The molecule has 2 fully saturated rings. The van der Waals surface area contributed by atoms with E-state index < -0.39 is 0 Å². The zero-order valence-corrected chi connectivity index (χ0v) is 25.8. The number of rotatable bonds is 11. The Balaban J connectivity index is 1.05. The lowest BCUT2D eigenvalue weighted by Gasteiger charge is -2.26. The van der Waals surface area contributed by atoms with Gasteiger partial charge in [-0.25, -0.2) is 9.97 Å². The lowest BCUT2D eigenvalue weighted by atomic mass is 9.80. The molecule has 1 heterocycles. The first-order valence-corrected chi connectivity index (χ1v) is 17.3. The van der Waals surface area contributed by atoms with Crippen molar-refractivity contribution >= 4 is 11.9 Å². The first-order chi connectivity index (χ1) is 20.2. The smallest absolute Gasteiger partial charge is 0.133 e. The van der Waals surface area contributed by atoms with Crippen LogP contribution in [0.15, 0.2) is 36.7 Å². The number of hydrogen-bond acceptors (Lipinski definition) is 3. The van der Waals surface area contributed by atoms with Gasteiger partial charge in [0.15, 0.2) is 0 Å². The zero-order chi connectivity index (χ0) is 28.3. The molecule has 0 radical (unpaired) electrons. The van der Waals surface area contributed by atoms with Crippen LogP contribution in [0.2, 0.25) is 0 Å². The molecule has 41 heavy (non-hydrogen) atoms. The maximum Gasteiger partial charge on any atom is 0.133 e. The van der Waals surface area contributed by atoms with E-state index in [1.165, 1.54) is 112 Å². The Hall–Kier alpha value is -2.29. The molecule has 1 aromatic carbocycles. The van der Waals surface area contributed by atoms with Gasteiger partial charge in [-0.05, 0) is 86.2 Å². The molecule has 2 saturated carbocycles. The van der Waals surface area contributed by atoms with Gasteiger partial charge in [0.05, 0.1) is 11.4 Å². The number of Topliss-reactive ketones (excluding diaryl/α,β-unsaturated/α-hetero) is 1. The number of allylic oxidation sites excluding steroid dienone is 1. The molecule has 3 nitrogen and oxygen atoms in total. The average molecular weight is 555 g/mol. The predicted molar refractivity (Wildman–Crippen MR) is 171 cm³/mol. The van der Waals surface area contributed by atoms with E-state index in [0.29, 0.717) is 18.1 Å². The molecule has 3 aliphatic rings. The first kappa shape index (κ1) is 30.2. The quantitative estimate of drug-likeness (QED) is 0.260. The second kappa shape index (κ2) is 15.8. The molecule has 222 valence electrons. The highest BCUT2D eigenvalue weighted by molar-refractivity contribution is 5.78. The highest BCUT2D eigenvalue weighted by Gasteiger charge is 2.22. The van der Waals surface area contributed by atoms with Gasteiger partial charge in [-0.15, -0.1) is 0 Å². The van der Waals surface area contributed by atoms with Crippen LogP contribution >= 0.6 is 0 Å². The number of hydrogen-bond donors (Lipinski definition) is 0. The lowest BCUT2D eigenvalue weighted by Crippen LogP contribution is -2.14. The maximum atomic E-state index is 12.7. The standard InChI is InChI=1S/C38H54N2O/c1-2-29-11-3-4-12-30(25-29)16-10-20-35(41)24-23-32-15-9-19-34(26-32)33-17-7-13-31(14-8-18-33)27-38-36-21-5-6-22-37(36)39-28-40-38/h5,9,15,19,21,26,28-31,33H,2-4,6-8,10-14,16-18,20,22-25,27H2,1H3. The summed E-state index contributed by atoms with van der Waals surface area (Å²) in [6.45, 7) is 2.35. The molecule has 2 atom stereocenters. The van der Waals surface area contributed by atoms with Crippen molar-refractivity contribution in [2.75, 3.05) is 0 Å². The van der Waals surface area contributed by atoms with Crippen molar-refractivity contribution < 1.29 is 4.79 Å². The summed E-state index contributed by atoms with van der Waals surface area (Å²) in [5.74, 6) is 3.65. The minimum atomic E-state index is 0.466. The molecule has 1 aromatic heterocycles. The van der Waals surface area contributed by atoms with Gasteiger partial charge in [0, 0.05) is 18.4 Å². The molecule has 3 heteroatoms. The molecule has 0 amide bonds. The SMILES string of the molecule is CCC1CCCCC(CCCC(=O)CCc2cccc(C3CCCC(Cc4ncnc5c4C=CCC5)CCC3)c2)C1. The van der Waals surface area contributed by atoms with Gasteiger partial charge in [0.1, 0.15) is 12.1 Å². The van der Waals surface area contributed by atoms with Crippen molar-refractivity contribution in [1.29, 1.82) is 0 Å². The average Bonchev–Trinajstić information content (AvgIpc) is 3.23.